The summed E-state index contributed by atoms with van der Waals surface area (Å²) in [6, 6.07) is 3.51. The number of hydrogen-bond acceptors (Lipinski definition) is 5. The Hall–Kier alpha value is -2.44. The molecule has 1 saturated heterocycles. The molecule has 1 heterocycles. The first-order valence-electron chi connectivity index (χ1n) is 8.20. The molecule has 1 N–H and O–H groups in total. The largest absolute Gasteiger partial charge is 0.493 e. The summed E-state index contributed by atoms with van der Waals surface area (Å²) in [7, 11) is 4.59. The predicted molar refractivity (Wildman–Crippen MR) is 91.3 cm³/mol. The van der Waals surface area contributed by atoms with Crippen molar-refractivity contribution in [3.63, 3.8) is 0 Å². The summed E-state index contributed by atoms with van der Waals surface area (Å²) in [6.45, 7) is 2.79. The number of hydrogen-bond donors (Lipinski definition) is 1. The highest BCUT2D eigenvalue weighted by atomic mass is 16.5. The third kappa shape index (κ3) is 4.15. The Kier molecular flexibility index (Phi) is 6.12. The van der Waals surface area contributed by atoms with Crippen molar-refractivity contribution in [1.29, 1.82) is 0 Å². The second-order valence-corrected chi connectivity index (χ2v) is 6.26. The second-order valence-electron chi connectivity index (χ2n) is 6.26. The molecule has 0 spiro atoms. The predicted octanol–water partition coefficient (Wildman–Crippen LogP) is 1.82. The molecule has 0 radical (unpaired) electrons. The number of piperidine rings is 1. The van der Waals surface area contributed by atoms with E-state index in [-0.39, 0.29) is 24.2 Å². The van der Waals surface area contributed by atoms with Gasteiger partial charge in [-0.05, 0) is 30.0 Å². The highest BCUT2D eigenvalue weighted by Crippen LogP contribution is 2.38. The number of benzene rings is 1. The minimum atomic E-state index is -0.788. The maximum absolute atomic E-state index is 12.6. The van der Waals surface area contributed by atoms with Crippen molar-refractivity contribution < 1.29 is 28.9 Å². The normalized spacial score (nSPS) is 20.1. The number of carboxylic acids is 1. The molecule has 2 rings (SSSR count). The molecule has 1 amide bonds. The van der Waals surface area contributed by atoms with Gasteiger partial charge in [-0.2, -0.15) is 0 Å². The fourth-order valence-corrected chi connectivity index (χ4v) is 3.26. The summed E-state index contributed by atoms with van der Waals surface area (Å²) in [5, 5.41) is 9.19. The Morgan fingerprint density at radius 2 is 1.76 bits per heavy atom. The van der Waals surface area contributed by atoms with Gasteiger partial charge in [-0.1, -0.05) is 6.92 Å². The average Bonchev–Trinajstić information content (AvgIpc) is 2.60. The smallest absolute Gasteiger partial charge is 0.306 e. The minimum Gasteiger partial charge on any atom is -0.493 e. The van der Waals surface area contributed by atoms with Crippen molar-refractivity contribution >= 4 is 11.9 Å². The molecule has 7 heteroatoms. The number of likely N-dealkylation sites (tertiary alicyclic amines) is 1. The molecule has 1 aliphatic rings. The summed E-state index contributed by atoms with van der Waals surface area (Å²) < 4.78 is 15.9. The zero-order chi connectivity index (χ0) is 18.6. The van der Waals surface area contributed by atoms with Crippen LogP contribution in [-0.4, -0.2) is 56.3 Å². The van der Waals surface area contributed by atoms with E-state index in [4.69, 9.17) is 14.2 Å². The molecule has 0 bridgehead atoms. The first-order valence-corrected chi connectivity index (χ1v) is 8.20. The average molecular weight is 351 g/mol. The van der Waals surface area contributed by atoms with Crippen molar-refractivity contribution in [3.05, 3.63) is 17.7 Å². The highest BCUT2D eigenvalue weighted by Gasteiger charge is 2.33. The number of carbonyl (C=O) groups excluding carboxylic acids is 1. The van der Waals surface area contributed by atoms with Crippen LogP contribution < -0.4 is 14.2 Å². The van der Waals surface area contributed by atoms with Gasteiger partial charge in [-0.15, -0.1) is 0 Å². The molecule has 138 valence electrons. The molecule has 1 aromatic rings. The summed E-state index contributed by atoms with van der Waals surface area (Å²) in [6.07, 6.45) is 0.679. The zero-order valence-corrected chi connectivity index (χ0v) is 15.1. The Labute approximate surface area is 147 Å². The van der Waals surface area contributed by atoms with Gasteiger partial charge in [0.05, 0.1) is 33.7 Å². The van der Waals surface area contributed by atoms with Crippen LogP contribution in [0.3, 0.4) is 0 Å². The molecule has 0 aromatic heterocycles. The molecule has 0 saturated carbocycles. The van der Waals surface area contributed by atoms with E-state index in [9.17, 15) is 14.7 Å². The molecule has 7 nitrogen and oxygen atoms in total. The van der Waals surface area contributed by atoms with Gasteiger partial charge in [0.2, 0.25) is 11.7 Å². The lowest BCUT2D eigenvalue weighted by Crippen LogP contribution is -2.45. The first-order chi connectivity index (χ1) is 11.9. The van der Waals surface area contributed by atoms with Crippen LogP contribution in [0.15, 0.2) is 12.1 Å². The maximum Gasteiger partial charge on any atom is 0.306 e. The minimum absolute atomic E-state index is 0.0371. The molecule has 0 aliphatic carbocycles. The quantitative estimate of drug-likeness (QED) is 0.841. The van der Waals surface area contributed by atoms with E-state index in [1.165, 1.54) is 21.3 Å². The van der Waals surface area contributed by atoms with Gasteiger partial charge in [0.1, 0.15) is 0 Å². The molecular formula is C18H25NO6. The summed E-state index contributed by atoms with van der Waals surface area (Å²) in [5.41, 5.74) is 0.757. The lowest BCUT2D eigenvalue weighted by atomic mass is 9.87. The van der Waals surface area contributed by atoms with E-state index < -0.39 is 5.97 Å². The third-order valence-electron chi connectivity index (χ3n) is 4.66. The van der Waals surface area contributed by atoms with Crippen LogP contribution in [-0.2, 0) is 16.0 Å². The van der Waals surface area contributed by atoms with Crippen LogP contribution in [0.25, 0.3) is 0 Å². The molecular weight excluding hydrogens is 326 g/mol. The number of nitrogens with zero attached hydrogens (tertiary/aromatic N) is 1. The molecule has 25 heavy (non-hydrogen) atoms. The van der Waals surface area contributed by atoms with Crippen molar-refractivity contribution in [1.82, 2.24) is 4.90 Å². The Morgan fingerprint density at radius 3 is 2.20 bits per heavy atom. The second kappa shape index (κ2) is 8.09. The maximum atomic E-state index is 12.6. The highest BCUT2D eigenvalue weighted by molar-refractivity contribution is 5.80. The van der Waals surface area contributed by atoms with Crippen LogP contribution >= 0.6 is 0 Å². The number of carbonyl (C=O) groups is 2. The molecule has 1 fully saturated rings. The number of methoxy groups -OCH3 is 3. The van der Waals surface area contributed by atoms with E-state index in [0.29, 0.717) is 36.8 Å². The number of amides is 1. The fraction of sp³-hybridized carbons (Fsp3) is 0.556. The van der Waals surface area contributed by atoms with E-state index >= 15 is 0 Å². The topological polar surface area (TPSA) is 85.3 Å². The lowest BCUT2D eigenvalue weighted by molar-refractivity contribution is -0.148. The Balaban J connectivity index is 2.12. The van der Waals surface area contributed by atoms with Crippen LogP contribution in [0.4, 0.5) is 0 Å². The van der Waals surface area contributed by atoms with E-state index in [1.807, 2.05) is 6.92 Å². The monoisotopic (exact) mass is 351 g/mol. The molecule has 2 atom stereocenters. The summed E-state index contributed by atoms with van der Waals surface area (Å²) >= 11 is 0. The van der Waals surface area contributed by atoms with Crippen molar-refractivity contribution in [2.75, 3.05) is 34.4 Å². The Bertz CT molecular complexity index is 619. The SMILES string of the molecule is COc1cc(CC(=O)N2CCC(C(=O)O)C(C)C2)cc(OC)c1OC. The van der Waals surface area contributed by atoms with Gasteiger partial charge in [-0.3, -0.25) is 9.59 Å². The zero-order valence-electron chi connectivity index (χ0n) is 15.1. The van der Waals surface area contributed by atoms with Crippen molar-refractivity contribution in [2.45, 2.75) is 19.8 Å². The lowest BCUT2D eigenvalue weighted by Gasteiger charge is -2.35. The summed E-state index contributed by atoms with van der Waals surface area (Å²) in [5.74, 6) is 0.219. The van der Waals surface area contributed by atoms with Crippen LogP contribution in [0.5, 0.6) is 17.2 Å². The van der Waals surface area contributed by atoms with Crippen LogP contribution in [0, 0.1) is 11.8 Å². The van der Waals surface area contributed by atoms with Gasteiger partial charge in [-0.25, -0.2) is 0 Å². The third-order valence-corrected chi connectivity index (χ3v) is 4.66. The number of ether oxygens (including phenoxy) is 3. The van der Waals surface area contributed by atoms with Gasteiger partial charge in [0.25, 0.3) is 0 Å². The summed E-state index contributed by atoms with van der Waals surface area (Å²) in [4.78, 5) is 25.5. The first kappa shape index (κ1) is 18.9. The van der Waals surface area contributed by atoms with E-state index in [1.54, 1.807) is 17.0 Å². The van der Waals surface area contributed by atoms with Crippen molar-refractivity contribution in [3.8, 4) is 17.2 Å². The van der Waals surface area contributed by atoms with Gasteiger partial charge < -0.3 is 24.2 Å². The van der Waals surface area contributed by atoms with Gasteiger partial charge in [0.15, 0.2) is 11.5 Å². The Morgan fingerprint density at radius 1 is 1.16 bits per heavy atom. The standard InChI is InChI=1S/C18H25NO6/c1-11-10-19(6-5-13(11)18(21)22)16(20)9-12-7-14(23-2)17(25-4)15(8-12)24-3/h7-8,11,13H,5-6,9-10H2,1-4H3,(H,21,22). The van der Waals surface area contributed by atoms with Gasteiger partial charge in [0, 0.05) is 13.1 Å². The molecule has 2 unspecified atom stereocenters. The fourth-order valence-electron chi connectivity index (χ4n) is 3.26. The van der Waals surface area contributed by atoms with Gasteiger partial charge >= 0.3 is 5.97 Å². The van der Waals surface area contributed by atoms with E-state index in [2.05, 4.69) is 0 Å². The number of aliphatic carboxylic acids is 1. The van der Waals surface area contributed by atoms with Crippen LogP contribution in [0.2, 0.25) is 0 Å². The molecule has 1 aliphatic heterocycles. The van der Waals surface area contributed by atoms with E-state index in [0.717, 1.165) is 5.56 Å². The van der Waals surface area contributed by atoms with Crippen LogP contribution in [0.1, 0.15) is 18.9 Å². The van der Waals surface area contributed by atoms with Crippen molar-refractivity contribution in [2.24, 2.45) is 11.8 Å². The number of carboxylic acid groups (broad SMARTS) is 1. The molecule has 1 aromatic carbocycles. The number of rotatable bonds is 6.